The summed E-state index contributed by atoms with van der Waals surface area (Å²) < 4.78 is 18.7. The van der Waals surface area contributed by atoms with Crippen LogP contribution in [0.5, 0.6) is 5.75 Å². The van der Waals surface area contributed by atoms with Crippen molar-refractivity contribution < 1.29 is 13.9 Å². The second-order valence-corrected chi connectivity index (χ2v) is 4.39. The van der Waals surface area contributed by atoms with Crippen molar-refractivity contribution in [3.05, 3.63) is 53.3 Å². The molecule has 3 N–H and O–H groups in total. The van der Waals surface area contributed by atoms with E-state index in [9.17, 15) is 9.18 Å². The lowest BCUT2D eigenvalue weighted by molar-refractivity contribution is 0.102. The Morgan fingerprint density at radius 3 is 2.70 bits per heavy atom. The van der Waals surface area contributed by atoms with Gasteiger partial charge < -0.3 is 15.8 Å². The average Bonchev–Trinajstić information content (AvgIpc) is 2.43. The Kier molecular flexibility index (Phi) is 3.89. The van der Waals surface area contributed by atoms with Crippen molar-refractivity contribution in [3.63, 3.8) is 0 Å². The Balaban J connectivity index is 2.25. The number of nitrogens with one attached hydrogen (secondary N) is 1. The molecule has 20 heavy (non-hydrogen) atoms. The third-order valence-corrected chi connectivity index (χ3v) is 2.86. The Hall–Kier alpha value is -2.56. The lowest BCUT2D eigenvalue weighted by atomic mass is 10.1. The third kappa shape index (κ3) is 2.88. The molecule has 0 atom stereocenters. The van der Waals surface area contributed by atoms with Crippen molar-refractivity contribution in [2.45, 2.75) is 6.92 Å². The SMILES string of the molecule is COc1cc(NC(=O)c2cc(C)ccc2F)ccc1N. The molecule has 0 heterocycles. The van der Waals surface area contributed by atoms with E-state index >= 15 is 0 Å². The van der Waals surface area contributed by atoms with Crippen molar-refractivity contribution in [2.24, 2.45) is 0 Å². The molecule has 4 nitrogen and oxygen atoms in total. The minimum atomic E-state index is -0.560. The Morgan fingerprint density at radius 1 is 1.25 bits per heavy atom. The first-order chi connectivity index (χ1) is 9.51. The van der Waals surface area contributed by atoms with E-state index in [2.05, 4.69) is 5.32 Å². The number of anilines is 2. The van der Waals surface area contributed by atoms with Gasteiger partial charge in [0.05, 0.1) is 18.4 Å². The largest absolute Gasteiger partial charge is 0.495 e. The molecule has 0 aromatic heterocycles. The number of rotatable bonds is 3. The fraction of sp³-hybridized carbons (Fsp3) is 0.133. The van der Waals surface area contributed by atoms with Crippen LogP contribution in [-0.2, 0) is 0 Å². The van der Waals surface area contributed by atoms with Crippen molar-refractivity contribution in [1.82, 2.24) is 0 Å². The smallest absolute Gasteiger partial charge is 0.258 e. The molecule has 0 saturated heterocycles. The molecule has 0 spiro atoms. The monoisotopic (exact) mass is 274 g/mol. The minimum absolute atomic E-state index is 0.000733. The van der Waals surface area contributed by atoms with Crippen LogP contribution in [0.2, 0.25) is 0 Å². The van der Waals surface area contributed by atoms with Gasteiger partial charge >= 0.3 is 0 Å². The molecule has 0 saturated carbocycles. The van der Waals surface area contributed by atoms with Crippen LogP contribution in [0.1, 0.15) is 15.9 Å². The van der Waals surface area contributed by atoms with E-state index in [1.807, 2.05) is 0 Å². The van der Waals surface area contributed by atoms with Gasteiger partial charge in [0.25, 0.3) is 5.91 Å². The molecule has 104 valence electrons. The first kappa shape index (κ1) is 13.9. The maximum Gasteiger partial charge on any atom is 0.258 e. The maximum absolute atomic E-state index is 13.6. The van der Waals surface area contributed by atoms with E-state index < -0.39 is 11.7 Å². The summed E-state index contributed by atoms with van der Waals surface area (Å²) in [4.78, 5) is 12.0. The molecule has 2 aromatic carbocycles. The van der Waals surface area contributed by atoms with E-state index in [0.29, 0.717) is 17.1 Å². The summed E-state index contributed by atoms with van der Waals surface area (Å²) in [7, 11) is 1.48. The van der Waals surface area contributed by atoms with Gasteiger partial charge in [0.2, 0.25) is 0 Å². The van der Waals surface area contributed by atoms with E-state index in [0.717, 1.165) is 5.56 Å². The van der Waals surface area contributed by atoms with Crippen LogP contribution in [0, 0.1) is 12.7 Å². The summed E-state index contributed by atoms with van der Waals surface area (Å²) in [5.41, 5.74) is 7.45. The molecule has 5 heteroatoms. The molecule has 2 aromatic rings. The summed E-state index contributed by atoms with van der Waals surface area (Å²) in [6, 6.07) is 9.21. The zero-order chi connectivity index (χ0) is 14.7. The molecule has 0 unspecified atom stereocenters. The first-order valence-corrected chi connectivity index (χ1v) is 6.02. The molecule has 0 bridgehead atoms. The van der Waals surface area contributed by atoms with Gasteiger partial charge in [-0.25, -0.2) is 4.39 Å². The van der Waals surface area contributed by atoms with E-state index in [4.69, 9.17) is 10.5 Å². The van der Waals surface area contributed by atoms with E-state index in [-0.39, 0.29) is 5.56 Å². The Bertz CT molecular complexity index is 656. The van der Waals surface area contributed by atoms with Crippen LogP contribution in [0.25, 0.3) is 0 Å². The number of hydrogen-bond acceptors (Lipinski definition) is 3. The van der Waals surface area contributed by atoms with Crippen molar-refractivity contribution in [2.75, 3.05) is 18.2 Å². The number of nitrogen functional groups attached to an aromatic ring is 1. The average molecular weight is 274 g/mol. The number of benzene rings is 2. The predicted octanol–water partition coefficient (Wildman–Crippen LogP) is 2.98. The summed E-state index contributed by atoms with van der Waals surface area (Å²) in [5.74, 6) is -0.624. The zero-order valence-electron chi connectivity index (χ0n) is 11.2. The molecule has 0 radical (unpaired) electrons. The highest BCUT2D eigenvalue weighted by Crippen LogP contribution is 2.25. The van der Waals surface area contributed by atoms with Gasteiger partial charge in [0.15, 0.2) is 0 Å². The second kappa shape index (κ2) is 5.61. The van der Waals surface area contributed by atoms with Crippen LogP contribution in [0.15, 0.2) is 36.4 Å². The van der Waals surface area contributed by atoms with Crippen LogP contribution in [-0.4, -0.2) is 13.0 Å². The van der Waals surface area contributed by atoms with Gasteiger partial charge in [-0.15, -0.1) is 0 Å². The summed E-state index contributed by atoms with van der Waals surface area (Å²) in [6.45, 7) is 1.79. The first-order valence-electron chi connectivity index (χ1n) is 6.02. The number of halogens is 1. The highest BCUT2D eigenvalue weighted by Gasteiger charge is 2.12. The molecule has 2 rings (SSSR count). The van der Waals surface area contributed by atoms with Crippen LogP contribution in [0.4, 0.5) is 15.8 Å². The highest BCUT2D eigenvalue weighted by atomic mass is 19.1. The second-order valence-electron chi connectivity index (χ2n) is 4.39. The topological polar surface area (TPSA) is 64.3 Å². The van der Waals surface area contributed by atoms with Crippen LogP contribution < -0.4 is 15.8 Å². The zero-order valence-corrected chi connectivity index (χ0v) is 11.2. The number of hydrogen-bond donors (Lipinski definition) is 2. The fourth-order valence-corrected chi connectivity index (χ4v) is 1.80. The van der Waals surface area contributed by atoms with Gasteiger partial charge in [-0.1, -0.05) is 11.6 Å². The Morgan fingerprint density at radius 2 is 2.00 bits per heavy atom. The molecule has 0 aliphatic heterocycles. The highest BCUT2D eigenvalue weighted by molar-refractivity contribution is 6.04. The van der Waals surface area contributed by atoms with Gasteiger partial charge in [0, 0.05) is 11.8 Å². The van der Waals surface area contributed by atoms with Crippen LogP contribution in [0.3, 0.4) is 0 Å². The number of aryl methyl sites for hydroxylation is 1. The van der Waals surface area contributed by atoms with Crippen molar-refractivity contribution in [3.8, 4) is 5.75 Å². The predicted molar refractivity (Wildman–Crippen MR) is 76.5 cm³/mol. The van der Waals surface area contributed by atoms with Crippen molar-refractivity contribution >= 4 is 17.3 Å². The molecule has 1 amide bonds. The quantitative estimate of drug-likeness (QED) is 0.846. The normalized spacial score (nSPS) is 10.2. The summed E-state index contributed by atoms with van der Waals surface area (Å²) in [5, 5.41) is 2.61. The van der Waals surface area contributed by atoms with Crippen LogP contribution >= 0.6 is 0 Å². The minimum Gasteiger partial charge on any atom is -0.495 e. The number of amides is 1. The molecule has 0 aliphatic carbocycles. The molecule has 0 fully saturated rings. The molecular weight excluding hydrogens is 259 g/mol. The van der Waals surface area contributed by atoms with Gasteiger partial charge in [-0.2, -0.15) is 0 Å². The molecular formula is C15H15FN2O2. The fourth-order valence-electron chi connectivity index (χ4n) is 1.80. The van der Waals surface area contributed by atoms with E-state index in [1.165, 1.54) is 19.2 Å². The van der Waals surface area contributed by atoms with Gasteiger partial charge in [0.1, 0.15) is 11.6 Å². The number of carbonyl (C=O) groups excluding carboxylic acids is 1. The third-order valence-electron chi connectivity index (χ3n) is 2.86. The van der Waals surface area contributed by atoms with E-state index in [1.54, 1.807) is 31.2 Å². The number of methoxy groups -OCH3 is 1. The maximum atomic E-state index is 13.6. The lowest BCUT2D eigenvalue weighted by Gasteiger charge is -2.10. The Labute approximate surface area is 116 Å². The standard InChI is InChI=1S/C15H15FN2O2/c1-9-3-5-12(16)11(7-9)15(19)18-10-4-6-13(17)14(8-10)20-2/h3-8H,17H2,1-2H3,(H,18,19). The number of ether oxygens (including phenoxy) is 1. The van der Waals surface area contributed by atoms with Crippen molar-refractivity contribution in [1.29, 1.82) is 0 Å². The number of nitrogens with two attached hydrogens (primary N) is 1. The lowest BCUT2D eigenvalue weighted by Crippen LogP contribution is -2.14. The molecule has 0 aliphatic rings. The van der Waals surface area contributed by atoms with Gasteiger partial charge in [-0.3, -0.25) is 4.79 Å². The van der Waals surface area contributed by atoms with Gasteiger partial charge in [-0.05, 0) is 31.2 Å². The summed E-state index contributed by atoms with van der Waals surface area (Å²) in [6.07, 6.45) is 0. The number of carbonyl (C=O) groups is 1. The summed E-state index contributed by atoms with van der Waals surface area (Å²) >= 11 is 0.